The average Bonchev–Trinajstić information content (AvgIpc) is 2.32. The van der Waals surface area contributed by atoms with Crippen LogP contribution < -0.4 is 5.32 Å². The standard InChI is InChI=1S/C13H17BrClNO/c1-2-3-4-5-9-16-13(17)10-7-6-8-11(14)12(10)15/h6-8H,2-5,9H2,1H3,(H,16,17). The Hall–Kier alpha value is -0.540. The molecule has 0 fully saturated rings. The molecule has 0 heterocycles. The summed E-state index contributed by atoms with van der Waals surface area (Å²) in [6.45, 7) is 2.88. The summed E-state index contributed by atoms with van der Waals surface area (Å²) in [6.07, 6.45) is 4.59. The van der Waals surface area contributed by atoms with Gasteiger partial charge < -0.3 is 5.32 Å². The fourth-order valence-corrected chi connectivity index (χ4v) is 2.11. The van der Waals surface area contributed by atoms with Crippen molar-refractivity contribution in [3.63, 3.8) is 0 Å². The van der Waals surface area contributed by atoms with Gasteiger partial charge in [0.15, 0.2) is 0 Å². The van der Waals surface area contributed by atoms with Crippen LogP contribution in [0.4, 0.5) is 0 Å². The van der Waals surface area contributed by atoms with Crippen molar-refractivity contribution in [2.75, 3.05) is 6.54 Å². The molecule has 94 valence electrons. The molecule has 0 bridgehead atoms. The van der Waals surface area contributed by atoms with Crippen molar-refractivity contribution in [3.8, 4) is 0 Å². The van der Waals surface area contributed by atoms with Crippen LogP contribution in [0.15, 0.2) is 22.7 Å². The lowest BCUT2D eigenvalue weighted by Gasteiger charge is -2.07. The van der Waals surface area contributed by atoms with Gasteiger partial charge in [-0.15, -0.1) is 0 Å². The van der Waals surface area contributed by atoms with E-state index < -0.39 is 0 Å². The molecule has 0 saturated carbocycles. The van der Waals surface area contributed by atoms with Crippen LogP contribution in [0.1, 0.15) is 43.0 Å². The van der Waals surface area contributed by atoms with Gasteiger partial charge in [0.1, 0.15) is 0 Å². The average molecular weight is 319 g/mol. The molecule has 0 unspecified atom stereocenters. The molecule has 1 aromatic rings. The van der Waals surface area contributed by atoms with Gasteiger partial charge in [-0.1, -0.05) is 43.9 Å². The van der Waals surface area contributed by atoms with Gasteiger partial charge in [-0.25, -0.2) is 0 Å². The van der Waals surface area contributed by atoms with E-state index in [1.807, 2.05) is 12.1 Å². The van der Waals surface area contributed by atoms with E-state index in [2.05, 4.69) is 28.2 Å². The minimum Gasteiger partial charge on any atom is -0.352 e. The number of carbonyl (C=O) groups is 1. The molecule has 1 aromatic carbocycles. The third-order valence-electron chi connectivity index (χ3n) is 2.51. The Morgan fingerprint density at radius 3 is 2.82 bits per heavy atom. The molecule has 4 heteroatoms. The maximum Gasteiger partial charge on any atom is 0.252 e. The first-order chi connectivity index (χ1) is 8.16. The summed E-state index contributed by atoms with van der Waals surface area (Å²) in [7, 11) is 0. The lowest BCUT2D eigenvalue weighted by atomic mass is 10.2. The van der Waals surface area contributed by atoms with E-state index in [0.29, 0.717) is 17.1 Å². The smallest absolute Gasteiger partial charge is 0.252 e. The highest BCUT2D eigenvalue weighted by molar-refractivity contribution is 9.10. The SMILES string of the molecule is CCCCCCNC(=O)c1cccc(Br)c1Cl. The first-order valence-electron chi connectivity index (χ1n) is 5.89. The van der Waals surface area contributed by atoms with Gasteiger partial charge in [-0.3, -0.25) is 4.79 Å². The van der Waals surface area contributed by atoms with Crippen LogP contribution in [0, 0.1) is 0 Å². The van der Waals surface area contributed by atoms with Crippen LogP contribution in [0.5, 0.6) is 0 Å². The Kier molecular flexibility index (Phi) is 6.60. The van der Waals surface area contributed by atoms with E-state index >= 15 is 0 Å². The molecule has 2 nitrogen and oxygen atoms in total. The highest BCUT2D eigenvalue weighted by Gasteiger charge is 2.11. The number of amides is 1. The molecule has 0 saturated heterocycles. The Balaban J connectivity index is 2.44. The maximum absolute atomic E-state index is 11.8. The van der Waals surface area contributed by atoms with Crippen molar-refractivity contribution in [1.82, 2.24) is 5.32 Å². The molecule has 0 aromatic heterocycles. The first-order valence-corrected chi connectivity index (χ1v) is 7.06. The molecular formula is C13H17BrClNO. The molecule has 1 N–H and O–H groups in total. The molecule has 0 aliphatic rings. The van der Waals surface area contributed by atoms with Gasteiger partial charge in [-0.05, 0) is 34.5 Å². The second-order valence-electron chi connectivity index (χ2n) is 3.92. The van der Waals surface area contributed by atoms with Crippen molar-refractivity contribution in [2.45, 2.75) is 32.6 Å². The van der Waals surface area contributed by atoms with Gasteiger partial charge in [0.05, 0.1) is 10.6 Å². The number of unbranched alkanes of at least 4 members (excludes halogenated alkanes) is 3. The molecule has 1 rings (SSSR count). The second kappa shape index (κ2) is 7.72. The molecule has 0 radical (unpaired) electrons. The highest BCUT2D eigenvalue weighted by Crippen LogP contribution is 2.25. The van der Waals surface area contributed by atoms with E-state index in [1.165, 1.54) is 12.8 Å². The van der Waals surface area contributed by atoms with Crippen molar-refractivity contribution in [1.29, 1.82) is 0 Å². The number of benzene rings is 1. The summed E-state index contributed by atoms with van der Waals surface area (Å²) < 4.78 is 0.748. The Morgan fingerprint density at radius 2 is 2.12 bits per heavy atom. The minimum atomic E-state index is -0.104. The summed E-state index contributed by atoms with van der Waals surface area (Å²) >= 11 is 9.35. The first kappa shape index (κ1) is 14.5. The van der Waals surface area contributed by atoms with Crippen molar-refractivity contribution in [3.05, 3.63) is 33.3 Å². The van der Waals surface area contributed by atoms with Crippen LogP contribution in [0.25, 0.3) is 0 Å². The Bertz CT molecular complexity index is 382. The molecule has 0 atom stereocenters. The number of hydrogen-bond acceptors (Lipinski definition) is 1. The maximum atomic E-state index is 11.8. The summed E-state index contributed by atoms with van der Waals surface area (Å²) in [5, 5.41) is 3.35. The Labute approximate surface area is 116 Å². The third kappa shape index (κ3) is 4.68. The predicted octanol–water partition coefficient (Wildman–Crippen LogP) is 4.41. The lowest BCUT2D eigenvalue weighted by molar-refractivity contribution is 0.0953. The zero-order chi connectivity index (χ0) is 12.7. The van der Waals surface area contributed by atoms with Crippen LogP contribution in [-0.4, -0.2) is 12.5 Å². The van der Waals surface area contributed by atoms with Crippen LogP contribution in [0.2, 0.25) is 5.02 Å². The summed E-state index contributed by atoms with van der Waals surface area (Å²) in [6, 6.07) is 5.36. The lowest BCUT2D eigenvalue weighted by Crippen LogP contribution is -2.24. The van der Waals surface area contributed by atoms with E-state index in [-0.39, 0.29) is 5.91 Å². The zero-order valence-electron chi connectivity index (χ0n) is 9.93. The number of carbonyl (C=O) groups excluding carboxylic acids is 1. The van der Waals surface area contributed by atoms with Gasteiger partial charge in [0.2, 0.25) is 0 Å². The van der Waals surface area contributed by atoms with Gasteiger partial charge >= 0.3 is 0 Å². The van der Waals surface area contributed by atoms with Gasteiger partial charge in [-0.2, -0.15) is 0 Å². The third-order valence-corrected chi connectivity index (χ3v) is 3.81. The molecular weight excluding hydrogens is 302 g/mol. The van der Waals surface area contributed by atoms with Crippen LogP contribution >= 0.6 is 27.5 Å². The van der Waals surface area contributed by atoms with Crippen molar-refractivity contribution in [2.24, 2.45) is 0 Å². The molecule has 17 heavy (non-hydrogen) atoms. The molecule has 0 spiro atoms. The topological polar surface area (TPSA) is 29.1 Å². The van der Waals surface area contributed by atoms with Crippen LogP contribution in [0.3, 0.4) is 0 Å². The van der Waals surface area contributed by atoms with Crippen LogP contribution in [-0.2, 0) is 0 Å². The quantitative estimate of drug-likeness (QED) is 0.773. The number of hydrogen-bond donors (Lipinski definition) is 1. The highest BCUT2D eigenvalue weighted by atomic mass is 79.9. The zero-order valence-corrected chi connectivity index (χ0v) is 12.3. The number of halogens is 2. The fraction of sp³-hybridized carbons (Fsp3) is 0.462. The monoisotopic (exact) mass is 317 g/mol. The van der Waals surface area contributed by atoms with Crippen molar-refractivity contribution >= 4 is 33.4 Å². The Morgan fingerprint density at radius 1 is 1.35 bits per heavy atom. The van der Waals surface area contributed by atoms with E-state index in [0.717, 1.165) is 17.3 Å². The largest absolute Gasteiger partial charge is 0.352 e. The molecule has 0 aliphatic heterocycles. The fourth-order valence-electron chi connectivity index (χ4n) is 1.53. The van der Waals surface area contributed by atoms with E-state index in [1.54, 1.807) is 6.07 Å². The summed E-state index contributed by atoms with van der Waals surface area (Å²) in [5.74, 6) is -0.104. The van der Waals surface area contributed by atoms with E-state index in [4.69, 9.17) is 11.6 Å². The summed E-state index contributed by atoms with van der Waals surface area (Å²) in [5.41, 5.74) is 0.525. The van der Waals surface area contributed by atoms with Gasteiger partial charge in [0, 0.05) is 11.0 Å². The second-order valence-corrected chi connectivity index (χ2v) is 5.15. The summed E-state index contributed by atoms with van der Waals surface area (Å²) in [4.78, 5) is 11.8. The number of nitrogens with one attached hydrogen (secondary N) is 1. The van der Waals surface area contributed by atoms with E-state index in [9.17, 15) is 4.79 Å². The molecule has 1 amide bonds. The number of rotatable bonds is 6. The minimum absolute atomic E-state index is 0.104. The molecule has 0 aliphatic carbocycles. The van der Waals surface area contributed by atoms with Gasteiger partial charge in [0.25, 0.3) is 5.91 Å². The van der Waals surface area contributed by atoms with Crippen molar-refractivity contribution < 1.29 is 4.79 Å². The normalized spacial score (nSPS) is 10.3. The predicted molar refractivity (Wildman–Crippen MR) is 75.6 cm³/mol.